The smallest absolute Gasteiger partial charge is 0.297 e. The zero-order valence-electron chi connectivity index (χ0n) is 13.4. The summed E-state index contributed by atoms with van der Waals surface area (Å²) in [5.74, 6) is -0.0391. The van der Waals surface area contributed by atoms with Crippen LogP contribution in [0.2, 0.25) is 0 Å². The standard InChI is InChI=1S/C18H23NO3/c1-4-5-11-19-15-9-7-6-8-14(15)17(16(20)18(19)21)22-12-10-13(2)3/h6-10,20H,4-5,11-12H2,1-3H3. The number of pyridine rings is 1. The van der Waals surface area contributed by atoms with Gasteiger partial charge in [-0.3, -0.25) is 4.79 Å². The average molecular weight is 301 g/mol. The number of unbranched alkanes of at least 4 members (excludes halogenated alkanes) is 1. The third-order valence-electron chi connectivity index (χ3n) is 3.56. The molecule has 2 aromatic rings. The lowest BCUT2D eigenvalue weighted by Gasteiger charge is -2.15. The average Bonchev–Trinajstić information content (AvgIpc) is 2.50. The molecule has 0 spiro atoms. The Labute approximate surface area is 130 Å². The molecule has 4 nitrogen and oxygen atoms in total. The van der Waals surface area contributed by atoms with E-state index in [0.29, 0.717) is 13.2 Å². The topological polar surface area (TPSA) is 51.5 Å². The quantitative estimate of drug-likeness (QED) is 0.824. The van der Waals surface area contributed by atoms with E-state index in [1.54, 1.807) is 4.57 Å². The van der Waals surface area contributed by atoms with Crippen molar-refractivity contribution in [1.29, 1.82) is 0 Å². The number of fused-ring (bicyclic) bond motifs is 1. The van der Waals surface area contributed by atoms with Crippen molar-refractivity contribution >= 4 is 10.9 Å². The van der Waals surface area contributed by atoms with Gasteiger partial charge in [-0.25, -0.2) is 0 Å². The summed E-state index contributed by atoms with van der Waals surface area (Å²) in [4.78, 5) is 12.4. The van der Waals surface area contributed by atoms with E-state index in [9.17, 15) is 9.90 Å². The Balaban J connectivity index is 2.55. The molecule has 0 unspecified atom stereocenters. The summed E-state index contributed by atoms with van der Waals surface area (Å²) in [6.45, 7) is 6.95. The normalized spacial score (nSPS) is 10.7. The molecule has 1 aromatic heterocycles. The molecule has 0 atom stereocenters. The van der Waals surface area contributed by atoms with Gasteiger partial charge < -0.3 is 14.4 Å². The van der Waals surface area contributed by atoms with Gasteiger partial charge in [-0.1, -0.05) is 31.1 Å². The molecule has 0 fully saturated rings. The number of hydrogen-bond donors (Lipinski definition) is 1. The number of hydrogen-bond acceptors (Lipinski definition) is 3. The third kappa shape index (κ3) is 3.32. The minimum Gasteiger partial charge on any atom is -0.500 e. The molecule has 1 aromatic carbocycles. The van der Waals surface area contributed by atoms with Crippen molar-refractivity contribution in [3.05, 3.63) is 46.3 Å². The number of benzene rings is 1. The van der Waals surface area contributed by atoms with Crippen molar-refractivity contribution in [2.75, 3.05) is 6.61 Å². The van der Waals surface area contributed by atoms with E-state index in [4.69, 9.17) is 4.74 Å². The monoisotopic (exact) mass is 301 g/mol. The number of aromatic nitrogens is 1. The fourth-order valence-corrected chi connectivity index (χ4v) is 2.34. The van der Waals surface area contributed by atoms with Crippen molar-refractivity contribution in [1.82, 2.24) is 4.57 Å². The van der Waals surface area contributed by atoms with Crippen LogP contribution in [0.3, 0.4) is 0 Å². The summed E-state index contributed by atoms with van der Waals surface area (Å²) in [5, 5.41) is 11.0. The summed E-state index contributed by atoms with van der Waals surface area (Å²) >= 11 is 0. The van der Waals surface area contributed by atoms with Crippen LogP contribution in [0.5, 0.6) is 11.5 Å². The van der Waals surface area contributed by atoms with Crippen molar-refractivity contribution in [2.24, 2.45) is 0 Å². The molecule has 0 aliphatic heterocycles. The number of nitrogens with zero attached hydrogens (tertiary/aromatic N) is 1. The number of ether oxygens (including phenoxy) is 1. The first kappa shape index (κ1) is 16.1. The van der Waals surface area contributed by atoms with Crippen LogP contribution in [0.4, 0.5) is 0 Å². The molecule has 0 saturated carbocycles. The second-order valence-corrected chi connectivity index (χ2v) is 5.60. The summed E-state index contributed by atoms with van der Waals surface area (Å²) in [6.07, 6.45) is 3.79. The predicted molar refractivity (Wildman–Crippen MR) is 89.7 cm³/mol. The Morgan fingerprint density at radius 2 is 2.05 bits per heavy atom. The van der Waals surface area contributed by atoms with E-state index in [-0.39, 0.29) is 17.1 Å². The van der Waals surface area contributed by atoms with Crippen molar-refractivity contribution < 1.29 is 9.84 Å². The largest absolute Gasteiger partial charge is 0.500 e. The molecule has 0 amide bonds. The molecule has 2 rings (SSSR count). The Morgan fingerprint density at radius 1 is 1.32 bits per heavy atom. The van der Waals surface area contributed by atoms with Gasteiger partial charge in [-0.05, 0) is 38.5 Å². The van der Waals surface area contributed by atoms with Crippen LogP contribution in [0, 0.1) is 0 Å². The minimum absolute atomic E-state index is 0.269. The van der Waals surface area contributed by atoms with Gasteiger partial charge >= 0.3 is 0 Å². The molecule has 4 heteroatoms. The van der Waals surface area contributed by atoms with Gasteiger partial charge in [-0.2, -0.15) is 0 Å². The Kier molecular flexibility index (Phi) is 5.26. The highest BCUT2D eigenvalue weighted by molar-refractivity contribution is 5.87. The minimum atomic E-state index is -0.389. The second kappa shape index (κ2) is 7.16. The van der Waals surface area contributed by atoms with Gasteiger partial charge in [0.1, 0.15) is 6.61 Å². The maximum Gasteiger partial charge on any atom is 0.297 e. The molecule has 0 saturated heterocycles. The maximum absolute atomic E-state index is 12.4. The molecule has 1 N–H and O–H groups in total. The number of para-hydroxylation sites is 1. The van der Waals surface area contributed by atoms with E-state index in [1.165, 1.54) is 0 Å². The van der Waals surface area contributed by atoms with Crippen molar-refractivity contribution in [3.8, 4) is 11.5 Å². The maximum atomic E-state index is 12.4. The van der Waals surface area contributed by atoms with Gasteiger partial charge in [0.15, 0.2) is 5.75 Å². The van der Waals surface area contributed by atoms with Gasteiger partial charge in [0.25, 0.3) is 5.56 Å². The predicted octanol–water partition coefficient (Wildman–Crippen LogP) is 3.85. The first-order chi connectivity index (χ1) is 10.6. The van der Waals surface area contributed by atoms with Crippen molar-refractivity contribution in [3.63, 3.8) is 0 Å². The lowest BCUT2D eigenvalue weighted by molar-refractivity contribution is 0.335. The highest BCUT2D eigenvalue weighted by Crippen LogP contribution is 2.31. The highest BCUT2D eigenvalue weighted by Gasteiger charge is 2.16. The van der Waals surface area contributed by atoms with Crippen LogP contribution in [0.15, 0.2) is 40.7 Å². The van der Waals surface area contributed by atoms with Crippen LogP contribution in [0.1, 0.15) is 33.6 Å². The van der Waals surface area contributed by atoms with E-state index >= 15 is 0 Å². The molecule has 0 radical (unpaired) electrons. The molecular weight excluding hydrogens is 278 g/mol. The SMILES string of the molecule is CCCCn1c(=O)c(O)c(OCC=C(C)C)c2ccccc21. The molecule has 0 aliphatic carbocycles. The molecule has 1 heterocycles. The number of rotatable bonds is 6. The van der Waals surface area contributed by atoms with Gasteiger partial charge in [0.2, 0.25) is 5.75 Å². The first-order valence-corrected chi connectivity index (χ1v) is 7.67. The number of aromatic hydroxyl groups is 1. The first-order valence-electron chi connectivity index (χ1n) is 7.67. The Hall–Kier alpha value is -2.23. The van der Waals surface area contributed by atoms with Crippen LogP contribution in [-0.4, -0.2) is 16.3 Å². The van der Waals surface area contributed by atoms with Crippen LogP contribution in [0.25, 0.3) is 10.9 Å². The number of aryl methyl sites for hydroxylation is 1. The summed E-state index contributed by atoms with van der Waals surface area (Å²) in [6, 6.07) is 7.53. The zero-order chi connectivity index (χ0) is 16.1. The fraction of sp³-hybridized carbons (Fsp3) is 0.389. The lowest BCUT2D eigenvalue weighted by Crippen LogP contribution is -2.21. The van der Waals surface area contributed by atoms with Crippen molar-refractivity contribution in [2.45, 2.75) is 40.2 Å². The van der Waals surface area contributed by atoms with E-state index in [1.807, 2.05) is 44.2 Å². The van der Waals surface area contributed by atoms with E-state index in [2.05, 4.69) is 6.92 Å². The van der Waals surface area contributed by atoms with Crippen LogP contribution < -0.4 is 10.3 Å². The Morgan fingerprint density at radius 3 is 2.73 bits per heavy atom. The van der Waals surface area contributed by atoms with E-state index < -0.39 is 0 Å². The second-order valence-electron chi connectivity index (χ2n) is 5.60. The fourth-order valence-electron chi connectivity index (χ4n) is 2.34. The molecular formula is C18H23NO3. The van der Waals surface area contributed by atoms with Gasteiger partial charge in [0.05, 0.1) is 5.52 Å². The molecule has 22 heavy (non-hydrogen) atoms. The summed E-state index contributed by atoms with van der Waals surface area (Å²) in [7, 11) is 0. The van der Waals surface area contributed by atoms with Crippen LogP contribution in [-0.2, 0) is 6.54 Å². The van der Waals surface area contributed by atoms with Gasteiger partial charge in [0, 0.05) is 11.9 Å². The lowest BCUT2D eigenvalue weighted by atomic mass is 10.1. The Bertz CT molecular complexity index is 740. The molecule has 118 valence electrons. The third-order valence-corrected chi connectivity index (χ3v) is 3.56. The van der Waals surface area contributed by atoms with E-state index in [0.717, 1.165) is 29.3 Å². The zero-order valence-corrected chi connectivity index (χ0v) is 13.4. The molecule has 0 bridgehead atoms. The summed E-state index contributed by atoms with van der Waals surface area (Å²) in [5.41, 5.74) is 1.53. The molecule has 0 aliphatic rings. The summed E-state index contributed by atoms with van der Waals surface area (Å²) < 4.78 is 7.29. The number of allylic oxidation sites excluding steroid dienone is 1. The van der Waals surface area contributed by atoms with Crippen LogP contribution >= 0.6 is 0 Å². The highest BCUT2D eigenvalue weighted by atomic mass is 16.5. The van der Waals surface area contributed by atoms with Gasteiger partial charge in [-0.15, -0.1) is 0 Å².